The molecule has 1 aliphatic rings. The zero-order valence-electron chi connectivity index (χ0n) is 18.8. The molecule has 0 unspecified atom stereocenters. The quantitative estimate of drug-likeness (QED) is 0.457. The minimum atomic E-state index is -0.649. The molecule has 0 saturated heterocycles. The fraction of sp³-hybridized carbons (Fsp3) is 0.269. The number of methoxy groups -OCH3 is 1. The zero-order valence-corrected chi connectivity index (χ0v) is 18.8. The molecule has 4 aromatic rings. The summed E-state index contributed by atoms with van der Waals surface area (Å²) in [6.45, 7) is 1.15. The van der Waals surface area contributed by atoms with E-state index in [9.17, 15) is 14.7 Å². The van der Waals surface area contributed by atoms with Crippen molar-refractivity contribution in [3.8, 4) is 5.75 Å². The van der Waals surface area contributed by atoms with E-state index >= 15 is 0 Å². The van der Waals surface area contributed by atoms with Crippen LogP contribution in [-0.4, -0.2) is 39.5 Å². The van der Waals surface area contributed by atoms with E-state index in [2.05, 4.69) is 16.0 Å². The first-order valence-electron chi connectivity index (χ1n) is 11.2. The molecule has 0 aliphatic carbocycles. The predicted molar refractivity (Wildman–Crippen MR) is 125 cm³/mol. The number of fused-ring (bicyclic) bond motifs is 3. The van der Waals surface area contributed by atoms with Crippen LogP contribution < -0.4 is 5.43 Å². The van der Waals surface area contributed by atoms with Gasteiger partial charge in [0.05, 0.1) is 12.5 Å². The molecule has 0 bridgehead atoms. The molecule has 1 aromatic carbocycles. The molecule has 3 aromatic heterocycles. The smallest absolute Gasteiger partial charge is 0.227 e. The van der Waals surface area contributed by atoms with Gasteiger partial charge < -0.3 is 24.1 Å². The Morgan fingerprint density at radius 2 is 2.06 bits per heavy atom. The summed E-state index contributed by atoms with van der Waals surface area (Å²) in [6, 6.07) is 12.9. The second-order valence-electron chi connectivity index (χ2n) is 8.45. The lowest BCUT2D eigenvalue weighted by molar-refractivity contribution is -0.132. The number of hydrogen-bond donors (Lipinski definition) is 2. The first-order valence-corrected chi connectivity index (χ1v) is 11.2. The van der Waals surface area contributed by atoms with Gasteiger partial charge in [-0.2, -0.15) is 0 Å². The maximum Gasteiger partial charge on any atom is 0.227 e. The number of hydrogen-bond acceptors (Lipinski definition) is 6. The molecule has 4 heterocycles. The zero-order chi connectivity index (χ0) is 23.7. The number of pyridine rings is 1. The van der Waals surface area contributed by atoms with E-state index in [4.69, 9.17) is 9.15 Å². The van der Waals surface area contributed by atoms with Crippen molar-refractivity contribution in [2.75, 3.05) is 13.7 Å². The molecular formula is C26H25N3O5. The van der Waals surface area contributed by atoms with Crippen molar-refractivity contribution in [1.29, 1.82) is 0 Å². The Hall–Kier alpha value is -3.91. The van der Waals surface area contributed by atoms with Crippen molar-refractivity contribution in [2.45, 2.75) is 31.9 Å². The Balaban J connectivity index is 1.46. The summed E-state index contributed by atoms with van der Waals surface area (Å²) in [7, 11) is 1.49. The van der Waals surface area contributed by atoms with Crippen molar-refractivity contribution in [3.63, 3.8) is 0 Å². The van der Waals surface area contributed by atoms with Crippen LogP contribution in [0.3, 0.4) is 0 Å². The van der Waals surface area contributed by atoms with Crippen LogP contribution in [0, 0.1) is 0 Å². The van der Waals surface area contributed by atoms with Gasteiger partial charge in [-0.1, -0.05) is 18.2 Å². The molecule has 8 heteroatoms. The van der Waals surface area contributed by atoms with Crippen molar-refractivity contribution in [2.24, 2.45) is 0 Å². The Kier molecular flexibility index (Phi) is 5.90. The van der Waals surface area contributed by atoms with Crippen LogP contribution in [0.25, 0.3) is 10.9 Å². The highest BCUT2D eigenvalue weighted by Gasteiger charge is 2.30. The summed E-state index contributed by atoms with van der Waals surface area (Å²) in [6.07, 6.45) is 4.01. The third-order valence-corrected chi connectivity index (χ3v) is 6.33. The average Bonchev–Trinajstić information content (AvgIpc) is 3.23. The monoisotopic (exact) mass is 459 g/mol. The largest absolute Gasteiger partial charge is 0.502 e. The van der Waals surface area contributed by atoms with Crippen LogP contribution in [0.5, 0.6) is 5.75 Å². The average molecular weight is 460 g/mol. The van der Waals surface area contributed by atoms with E-state index in [0.717, 1.165) is 23.2 Å². The lowest BCUT2D eigenvalue weighted by atomic mass is 9.92. The topological polar surface area (TPSA) is 109 Å². The van der Waals surface area contributed by atoms with Crippen LogP contribution in [0.4, 0.5) is 0 Å². The third-order valence-electron chi connectivity index (χ3n) is 6.33. The highest BCUT2D eigenvalue weighted by atomic mass is 16.5. The van der Waals surface area contributed by atoms with E-state index in [-0.39, 0.29) is 30.5 Å². The summed E-state index contributed by atoms with van der Waals surface area (Å²) in [5.74, 6) is -0.893. The number of aromatic nitrogens is 2. The van der Waals surface area contributed by atoms with Crippen LogP contribution in [-0.2, 0) is 29.1 Å². The molecule has 174 valence electrons. The second-order valence-corrected chi connectivity index (χ2v) is 8.45. The summed E-state index contributed by atoms with van der Waals surface area (Å²) in [5, 5.41) is 11.8. The summed E-state index contributed by atoms with van der Waals surface area (Å²) in [5.41, 5.74) is 3.51. The molecule has 0 spiro atoms. The number of ether oxygens (including phenoxy) is 1. The molecule has 8 nitrogen and oxygen atoms in total. The number of para-hydroxylation sites is 1. The Morgan fingerprint density at radius 1 is 1.26 bits per heavy atom. The first-order chi connectivity index (χ1) is 16.5. The Bertz CT molecular complexity index is 1390. The number of nitrogens with one attached hydrogen (secondary N) is 1. The van der Waals surface area contributed by atoms with E-state index in [1.165, 1.54) is 24.1 Å². The maximum absolute atomic E-state index is 13.5. The van der Waals surface area contributed by atoms with Gasteiger partial charge in [0.25, 0.3) is 0 Å². The Labute approximate surface area is 195 Å². The van der Waals surface area contributed by atoms with Gasteiger partial charge in [-0.05, 0) is 35.7 Å². The number of amides is 1. The summed E-state index contributed by atoms with van der Waals surface area (Å²) < 4.78 is 11.0. The molecule has 1 aliphatic heterocycles. The summed E-state index contributed by atoms with van der Waals surface area (Å²) >= 11 is 0. The van der Waals surface area contributed by atoms with Gasteiger partial charge in [-0.3, -0.25) is 14.6 Å². The number of aromatic hydroxyl groups is 1. The van der Waals surface area contributed by atoms with Gasteiger partial charge in [-0.25, -0.2) is 0 Å². The first kappa shape index (κ1) is 21.9. The maximum atomic E-state index is 13.5. The van der Waals surface area contributed by atoms with E-state index in [1.54, 1.807) is 29.4 Å². The van der Waals surface area contributed by atoms with Crippen LogP contribution >= 0.6 is 0 Å². The highest BCUT2D eigenvalue weighted by molar-refractivity contribution is 5.86. The number of benzene rings is 1. The molecule has 1 atom stereocenters. The number of carbonyl (C=O) groups is 1. The van der Waals surface area contributed by atoms with Crippen molar-refractivity contribution in [3.05, 3.63) is 93.4 Å². The molecule has 1 amide bonds. The van der Waals surface area contributed by atoms with Crippen molar-refractivity contribution >= 4 is 16.8 Å². The van der Waals surface area contributed by atoms with Crippen LogP contribution in [0.15, 0.2) is 64.1 Å². The fourth-order valence-electron chi connectivity index (χ4n) is 4.67. The molecule has 0 radical (unpaired) electrons. The predicted octanol–water partition coefficient (Wildman–Crippen LogP) is 3.48. The van der Waals surface area contributed by atoms with Gasteiger partial charge >= 0.3 is 0 Å². The summed E-state index contributed by atoms with van der Waals surface area (Å²) in [4.78, 5) is 35.2. The molecule has 34 heavy (non-hydrogen) atoms. The minimum Gasteiger partial charge on any atom is -0.502 e. The van der Waals surface area contributed by atoms with E-state index < -0.39 is 17.1 Å². The fourth-order valence-corrected chi connectivity index (χ4v) is 4.67. The lowest BCUT2D eigenvalue weighted by Crippen LogP contribution is -2.36. The normalized spacial score (nSPS) is 14.2. The van der Waals surface area contributed by atoms with Gasteiger partial charge in [0, 0.05) is 55.1 Å². The van der Waals surface area contributed by atoms with Crippen molar-refractivity contribution in [1.82, 2.24) is 14.9 Å². The Morgan fingerprint density at radius 3 is 2.85 bits per heavy atom. The van der Waals surface area contributed by atoms with Gasteiger partial charge in [-0.15, -0.1) is 0 Å². The molecule has 5 rings (SSSR count). The van der Waals surface area contributed by atoms with Crippen LogP contribution in [0.2, 0.25) is 0 Å². The second kappa shape index (κ2) is 9.15. The third kappa shape index (κ3) is 4.08. The van der Waals surface area contributed by atoms with E-state index in [0.29, 0.717) is 13.1 Å². The standard InChI is InChI=1S/C26H25N3O5/c1-33-15-17-12-23(30)25(32)26(34-17)20(16-6-9-27-10-7-16)13-24(31)29-11-8-19-18-4-2-3-5-21(18)28-22(19)14-29/h2-7,9-10,12,20,28,32H,8,11,13-15H2,1H3/t20-/m0/s1. The minimum absolute atomic E-state index is 0.0342. The highest BCUT2D eigenvalue weighted by Crippen LogP contribution is 2.34. The van der Waals surface area contributed by atoms with E-state index in [1.807, 2.05) is 18.2 Å². The SMILES string of the molecule is COCc1cc(=O)c(O)c([C@@H](CC(=O)N2CCc3c([nH]c4ccccc34)C2)c2ccncc2)o1. The van der Waals surface area contributed by atoms with Crippen LogP contribution in [0.1, 0.15) is 40.7 Å². The van der Waals surface area contributed by atoms with Gasteiger partial charge in [0.2, 0.25) is 17.1 Å². The van der Waals surface area contributed by atoms with Crippen molar-refractivity contribution < 1.29 is 19.1 Å². The van der Waals surface area contributed by atoms with Gasteiger partial charge in [0.1, 0.15) is 12.4 Å². The van der Waals surface area contributed by atoms with Gasteiger partial charge in [0.15, 0.2) is 5.76 Å². The number of nitrogens with zero attached hydrogens (tertiary/aromatic N) is 2. The number of rotatable bonds is 6. The molecule has 0 saturated carbocycles. The molecular weight excluding hydrogens is 434 g/mol. The molecule has 2 N–H and O–H groups in total. The lowest BCUT2D eigenvalue weighted by Gasteiger charge is -2.29. The molecule has 0 fully saturated rings. The number of H-pyrrole nitrogens is 1. The number of carbonyl (C=O) groups excluding carboxylic acids is 1. The number of aromatic amines is 1.